The van der Waals surface area contributed by atoms with Crippen molar-refractivity contribution in [1.82, 2.24) is 19.3 Å². The lowest BCUT2D eigenvalue weighted by Gasteiger charge is -2.16. The lowest BCUT2D eigenvalue weighted by Crippen LogP contribution is -2.20. The highest BCUT2D eigenvalue weighted by Gasteiger charge is 2.30. The first-order chi connectivity index (χ1) is 16.4. The fourth-order valence-corrected chi connectivity index (χ4v) is 5.09. The van der Waals surface area contributed by atoms with Gasteiger partial charge in [0.2, 0.25) is 18.3 Å². The van der Waals surface area contributed by atoms with Crippen LogP contribution in [0.5, 0.6) is 23.0 Å². The molecule has 4 aromatic rings. The van der Waals surface area contributed by atoms with Crippen LogP contribution in [0.25, 0.3) is 32.5 Å². The summed E-state index contributed by atoms with van der Waals surface area (Å²) < 4.78 is 31.0. The Balaban J connectivity index is 1.93. The summed E-state index contributed by atoms with van der Waals surface area (Å²) >= 11 is 0.983. The summed E-state index contributed by atoms with van der Waals surface area (Å²) in [4.78, 5) is 29.4. The number of methoxy groups -OCH3 is 3. The number of benzene rings is 1. The summed E-state index contributed by atoms with van der Waals surface area (Å²) in [6.45, 7) is 3.76. The molecule has 3 aromatic heterocycles. The van der Waals surface area contributed by atoms with Crippen LogP contribution in [0, 0.1) is 0 Å². The second kappa shape index (κ2) is 8.20. The Morgan fingerprint density at radius 3 is 2.62 bits per heavy atom. The van der Waals surface area contributed by atoms with Crippen LogP contribution in [0.4, 0.5) is 0 Å². The highest BCUT2D eigenvalue weighted by Crippen LogP contribution is 2.54. The van der Waals surface area contributed by atoms with Crippen LogP contribution in [0.1, 0.15) is 19.9 Å². The number of nitrogens with zero attached hydrogens (tertiary/aromatic N) is 4. The van der Waals surface area contributed by atoms with Crippen molar-refractivity contribution < 1.29 is 28.5 Å². The zero-order chi connectivity index (χ0) is 24.1. The highest BCUT2D eigenvalue weighted by molar-refractivity contribution is 7.17. The summed E-state index contributed by atoms with van der Waals surface area (Å²) in [6, 6.07) is 1.79. The monoisotopic (exact) mass is 486 g/mol. The van der Waals surface area contributed by atoms with Crippen LogP contribution in [-0.4, -0.2) is 53.4 Å². The predicted molar refractivity (Wildman–Crippen MR) is 124 cm³/mol. The van der Waals surface area contributed by atoms with Crippen molar-refractivity contribution in [3.63, 3.8) is 0 Å². The fraction of sp³-hybridized carbons (Fsp3) is 0.364. The first-order valence-electron chi connectivity index (χ1n) is 10.4. The van der Waals surface area contributed by atoms with Crippen LogP contribution in [0.15, 0.2) is 17.1 Å². The minimum absolute atomic E-state index is 0.00269. The van der Waals surface area contributed by atoms with Gasteiger partial charge < -0.3 is 23.7 Å². The van der Waals surface area contributed by atoms with Gasteiger partial charge >= 0.3 is 10.8 Å². The molecule has 0 saturated carbocycles. The van der Waals surface area contributed by atoms with E-state index < -0.39 is 5.97 Å². The van der Waals surface area contributed by atoms with Gasteiger partial charge in [0.25, 0.3) is 0 Å². The lowest BCUT2D eigenvalue weighted by atomic mass is 10.0. The van der Waals surface area contributed by atoms with Gasteiger partial charge in [0, 0.05) is 22.6 Å². The van der Waals surface area contributed by atoms with E-state index in [-0.39, 0.29) is 24.3 Å². The molecule has 0 radical (unpaired) electrons. The molecule has 178 valence electrons. The molecule has 1 aliphatic heterocycles. The fourth-order valence-electron chi connectivity index (χ4n) is 4.08. The molecule has 0 N–H and O–H groups in total. The zero-order valence-corrected chi connectivity index (χ0v) is 20.0. The summed E-state index contributed by atoms with van der Waals surface area (Å²) in [5.41, 5.74) is 2.21. The Bertz CT molecular complexity index is 1500. The number of esters is 1. The first kappa shape index (κ1) is 22.0. The van der Waals surface area contributed by atoms with Crippen molar-refractivity contribution in [1.29, 1.82) is 0 Å². The molecule has 1 aromatic carbocycles. The van der Waals surface area contributed by atoms with Crippen LogP contribution in [0.3, 0.4) is 0 Å². The maximum absolute atomic E-state index is 13.0. The van der Waals surface area contributed by atoms with Gasteiger partial charge in [0.1, 0.15) is 6.54 Å². The molecule has 12 heteroatoms. The molecular formula is C22H22N4O7S. The average Bonchev–Trinajstić information content (AvgIpc) is 3.53. The molecule has 0 bridgehead atoms. The third-order valence-electron chi connectivity index (χ3n) is 5.60. The molecule has 0 amide bonds. The minimum Gasteiger partial charge on any atom is -0.492 e. The van der Waals surface area contributed by atoms with Gasteiger partial charge in [-0.2, -0.15) is 5.10 Å². The SMILES string of the molecule is COC(=O)Cn1c(=O)sc2c(-c3cc4c(c(OC)c3OC)OCO4)c3cnn(C(C)C)c3nc21. The third kappa shape index (κ3) is 3.16. The van der Waals surface area contributed by atoms with E-state index in [2.05, 4.69) is 5.10 Å². The van der Waals surface area contributed by atoms with Gasteiger partial charge in [-0.3, -0.25) is 14.2 Å². The van der Waals surface area contributed by atoms with E-state index in [1.807, 2.05) is 13.8 Å². The summed E-state index contributed by atoms with van der Waals surface area (Å²) in [6.07, 6.45) is 1.71. The Hall–Kier alpha value is -3.80. The quantitative estimate of drug-likeness (QED) is 0.379. The normalized spacial score (nSPS) is 12.6. The van der Waals surface area contributed by atoms with Gasteiger partial charge in [0.15, 0.2) is 22.8 Å². The van der Waals surface area contributed by atoms with Crippen LogP contribution < -0.4 is 23.8 Å². The van der Waals surface area contributed by atoms with Crippen LogP contribution in [-0.2, 0) is 16.1 Å². The van der Waals surface area contributed by atoms with E-state index in [0.29, 0.717) is 55.5 Å². The number of ether oxygens (including phenoxy) is 5. The van der Waals surface area contributed by atoms with Crippen molar-refractivity contribution in [2.45, 2.75) is 26.4 Å². The topological polar surface area (TPSA) is 116 Å². The molecule has 0 fully saturated rings. The van der Waals surface area contributed by atoms with E-state index >= 15 is 0 Å². The van der Waals surface area contributed by atoms with Gasteiger partial charge in [-0.25, -0.2) is 9.67 Å². The van der Waals surface area contributed by atoms with Crippen LogP contribution in [0.2, 0.25) is 0 Å². The van der Waals surface area contributed by atoms with Crippen molar-refractivity contribution in [3.8, 4) is 34.1 Å². The van der Waals surface area contributed by atoms with Crippen molar-refractivity contribution >= 4 is 38.7 Å². The number of pyridine rings is 1. The molecular weight excluding hydrogens is 464 g/mol. The van der Waals surface area contributed by atoms with Crippen molar-refractivity contribution in [2.75, 3.05) is 28.1 Å². The molecule has 34 heavy (non-hydrogen) atoms. The first-order valence-corrected chi connectivity index (χ1v) is 11.2. The van der Waals surface area contributed by atoms with Gasteiger partial charge in [-0.15, -0.1) is 0 Å². The molecule has 0 spiro atoms. The molecule has 0 aliphatic carbocycles. The number of thiazole rings is 1. The molecule has 4 heterocycles. The standard InChI is InChI=1S/C22H22N4O7S/c1-10(2)26-20-12(7-23-26)15(19-21(24-20)25(22(28)34-19)8-14(27)29-3)11-6-13-17(33-9-32-13)18(31-5)16(11)30-4/h6-7,10H,8-9H2,1-5H3. The van der Waals surface area contributed by atoms with Crippen molar-refractivity contribution in [2.24, 2.45) is 0 Å². The Labute approximate surface area is 197 Å². The van der Waals surface area contributed by atoms with E-state index in [1.54, 1.807) is 16.9 Å². The molecule has 0 saturated heterocycles. The maximum atomic E-state index is 13.0. The zero-order valence-electron chi connectivity index (χ0n) is 19.2. The largest absolute Gasteiger partial charge is 0.492 e. The van der Waals surface area contributed by atoms with Crippen LogP contribution >= 0.6 is 11.3 Å². The second-order valence-electron chi connectivity index (χ2n) is 7.81. The smallest absolute Gasteiger partial charge is 0.325 e. The Morgan fingerprint density at radius 2 is 1.94 bits per heavy atom. The number of rotatable bonds is 6. The number of fused-ring (bicyclic) bond motifs is 3. The summed E-state index contributed by atoms with van der Waals surface area (Å²) in [5.74, 6) is 1.17. The maximum Gasteiger partial charge on any atom is 0.325 e. The molecule has 1 aliphatic rings. The van der Waals surface area contributed by atoms with E-state index in [4.69, 9.17) is 28.7 Å². The number of hydrogen-bond donors (Lipinski definition) is 0. The van der Waals surface area contributed by atoms with E-state index in [9.17, 15) is 9.59 Å². The van der Waals surface area contributed by atoms with Gasteiger partial charge in [0.05, 0.1) is 32.2 Å². The number of aromatic nitrogens is 4. The lowest BCUT2D eigenvalue weighted by molar-refractivity contribution is -0.141. The Morgan fingerprint density at radius 1 is 1.18 bits per heavy atom. The number of hydrogen-bond acceptors (Lipinski definition) is 10. The molecule has 5 rings (SSSR count). The summed E-state index contributed by atoms with van der Waals surface area (Å²) in [7, 11) is 4.32. The number of carbonyl (C=O) groups is 1. The minimum atomic E-state index is -0.551. The van der Waals surface area contributed by atoms with Gasteiger partial charge in [-0.05, 0) is 19.9 Å². The molecule has 11 nitrogen and oxygen atoms in total. The molecule has 0 unspecified atom stereocenters. The third-order valence-corrected chi connectivity index (χ3v) is 6.59. The van der Waals surface area contributed by atoms with E-state index in [1.165, 1.54) is 25.9 Å². The second-order valence-corrected chi connectivity index (χ2v) is 8.78. The number of carbonyl (C=O) groups excluding carboxylic acids is 1. The average molecular weight is 487 g/mol. The van der Waals surface area contributed by atoms with Crippen molar-refractivity contribution in [3.05, 3.63) is 21.9 Å². The Kier molecular flexibility index (Phi) is 5.31. The predicted octanol–water partition coefficient (Wildman–Crippen LogP) is 2.97. The van der Waals surface area contributed by atoms with Gasteiger partial charge in [-0.1, -0.05) is 11.3 Å². The molecule has 0 atom stereocenters. The summed E-state index contributed by atoms with van der Waals surface area (Å²) in [5, 5.41) is 5.25. The highest BCUT2D eigenvalue weighted by atomic mass is 32.1. The van der Waals surface area contributed by atoms with E-state index in [0.717, 1.165) is 11.3 Å².